The Hall–Kier alpha value is -5.22. The molecule has 0 radical (unpaired) electrons. The first kappa shape index (κ1) is 54.9. The predicted molar refractivity (Wildman–Crippen MR) is 239 cm³/mol. The quantitative estimate of drug-likeness (QED) is 0.0318. The van der Waals surface area contributed by atoms with Crippen molar-refractivity contribution in [2.24, 2.45) is 10.8 Å². The number of benzene rings is 2. The van der Waals surface area contributed by atoms with Crippen LogP contribution in [0.2, 0.25) is 0 Å². The zero-order valence-corrected chi connectivity index (χ0v) is 38.7. The van der Waals surface area contributed by atoms with Gasteiger partial charge in [-0.05, 0) is 102 Å². The summed E-state index contributed by atoms with van der Waals surface area (Å²) in [7, 11) is 0. The standard InChI is InChI=1S/C48H72N2O14/c1-7-9-11-15-27-47(3,4)43(55)61-33-37(51)31-59-41(53)35-19-23-39(24-20-35)63-45(57)49-29-17-13-14-18-30-50-46(58)64-40-25-21-36(22-26-40)42(54)60-32-38(52)34-62-44(56)48(5,6)28-16-12-10-8-2/h19-26,37-38,51-52H,7-18,27-34H2,1-6H3,(H,49,57)(H,50,58). The third-order valence-corrected chi connectivity index (χ3v) is 10.3. The molecule has 0 saturated heterocycles. The van der Waals surface area contributed by atoms with Crippen LogP contribution >= 0.6 is 0 Å². The molecule has 0 heterocycles. The van der Waals surface area contributed by atoms with E-state index in [0.29, 0.717) is 38.8 Å². The predicted octanol–water partition coefficient (Wildman–Crippen LogP) is 8.24. The average Bonchev–Trinajstić information content (AvgIpc) is 3.27. The molecule has 0 bridgehead atoms. The molecule has 2 aromatic rings. The van der Waals surface area contributed by atoms with Gasteiger partial charge in [0.05, 0.1) is 22.0 Å². The van der Waals surface area contributed by atoms with Crippen molar-refractivity contribution in [3.63, 3.8) is 0 Å². The Kier molecular flexibility index (Phi) is 25.8. The van der Waals surface area contributed by atoms with Crippen molar-refractivity contribution in [2.75, 3.05) is 39.5 Å². The fourth-order valence-electron chi connectivity index (χ4n) is 6.12. The van der Waals surface area contributed by atoms with E-state index in [-0.39, 0.29) is 49.1 Å². The van der Waals surface area contributed by atoms with Gasteiger partial charge in [-0.25, -0.2) is 19.2 Å². The number of amides is 2. The molecule has 0 aromatic heterocycles. The fourth-order valence-corrected chi connectivity index (χ4v) is 6.12. The molecule has 2 atom stereocenters. The lowest BCUT2D eigenvalue weighted by molar-refractivity contribution is -0.158. The largest absolute Gasteiger partial charge is 0.462 e. The van der Waals surface area contributed by atoms with Gasteiger partial charge in [-0.3, -0.25) is 9.59 Å². The summed E-state index contributed by atoms with van der Waals surface area (Å²) in [5.74, 6) is -1.78. The van der Waals surface area contributed by atoms with E-state index in [0.717, 1.165) is 64.2 Å². The second-order valence-electron chi connectivity index (χ2n) is 17.2. The molecule has 0 aliphatic heterocycles. The van der Waals surface area contributed by atoms with Crippen molar-refractivity contribution in [2.45, 2.75) is 144 Å². The van der Waals surface area contributed by atoms with Crippen LogP contribution in [0.15, 0.2) is 48.5 Å². The molecule has 0 aliphatic rings. The van der Waals surface area contributed by atoms with E-state index in [1.54, 1.807) is 0 Å². The van der Waals surface area contributed by atoms with Crippen molar-refractivity contribution in [3.8, 4) is 11.5 Å². The maximum absolute atomic E-state index is 12.5. The topological polar surface area (TPSA) is 222 Å². The lowest BCUT2D eigenvalue weighted by Crippen LogP contribution is -2.31. The monoisotopic (exact) mass is 900 g/mol. The molecule has 0 saturated carbocycles. The molecular weight excluding hydrogens is 829 g/mol. The van der Waals surface area contributed by atoms with Gasteiger partial charge >= 0.3 is 36.1 Å². The Morgan fingerprint density at radius 3 is 1.16 bits per heavy atom. The second kappa shape index (κ2) is 30.0. The second-order valence-corrected chi connectivity index (χ2v) is 17.2. The van der Waals surface area contributed by atoms with Crippen LogP contribution in [-0.4, -0.2) is 98.0 Å². The number of aliphatic hydroxyl groups is 2. The van der Waals surface area contributed by atoms with Crippen LogP contribution in [0.25, 0.3) is 0 Å². The number of unbranched alkanes of at least 4 members (excludes halogenated alkanes) is 9. The molecule has 2 unspecified atom stereocenters. The number of rotatable bonds is 31. The summed E-state index contributed by atoms with van der Waals surface area (Å²) in [6.45, 7) is 10.9. The smallest absolute Gasteiger partial charge is 0.412 e. The highest BCUT2D eigenvalue weighted by molar-refractivity contribution is 5.90. The van der Waals surface area contributed by atoms with Crippen molar-refractivity contribution < 1.29 is 67.4 Å². The molecule has 2 amide bonds. The lowest BCUT2D eigenvalue weighted by Gasteiger charge is -2.23. The Morgan fingerprint density at radius 2 is 0.812 bits per heavy atom. The van der Waals surface area contributed by atoms with Crippen molar-refractivity contribution in [1.82, 2.24) is 10.6 Å². The van der Waals surface area contributed by atoms with Gasteiger partial charge in [-0.15, -0.1) is 0 Å². The summed E-state index contributed by atoms with van der Waals surface area (Å²) in [5, 5.41) is 25.7. The Morgan fingerprint density at radius 1 is 0.484 bits per heavy atom. The molecule has 16 heteroatoms. The van der Waals surface area contributed by atoms with Gasteiger partial charge in [0, 0.05) is 13.1 Å². The number of nitrogens with one attached hydrogen (secondary N) is 2. The molecule has 0 spiro atoms. The van der Waals surface area contributed by atoms with Gasteiger partial charge in [0.2, 0.25) is 0 Å². The SMILES string of the molecule is CCCCCCC(C)(C)C(=O)OCC(O)COC(=O)c1ccc(OC(=O)NCCCCCCNC(=O)Oc2ccc(C(=O)OCC(O)COC(=O)C(C)(C)CCCCCC)cc2)cc1. The number of esters is 4. The highest BCUT2D eigenvalue weighted by Crippen LogP contribution is 2.27. The maximum Gasteiger partial charge on any atom is 0.412 e. The normalized spacial score (nSPS) is 12.3. The number of ether oxygens (including phenoxy) is 6. The van der Waals surface area contributed by atoms with Crippen LogP contribution in [-0.2, 0) is 28.5 Å². The van der Waals surface area contributed by atoms with E-state index in [2.05, 4.69) is 24.5 Å². The van der Waals surface area contributed by atoms with Gasteiger partial charge in [-0.1, -0.05) is 78.1 Å². The molecule has 2 aromatic carbocycles. The summed E-state index contributed by atoms with van der Waals surface area (Å²) >= 11 is 0. The minimum absolute atomic E-state index is 0.182. The van der Waals surface area contributed by atoms with Crippen LogP contribution in [0.4, 0.5) is 9.59 Å². The third-order valence-electron chi connectivity index (χ3n) is 10.3. The van der Waals surface area contributed by atoms with Crippen molar-refractivity contribution in [3.05, 3.63) is 59.7 Å². The van der Waals surface area contributed by atoms with Crippen LogP contribution in [0.5, 0.6) is 11.5 Å². The summed E-state index contributed by atoms with van der Waals surface area (Å²) in [6, 6.07) is 11.5. The lowest BCUT2D eigenvalue weighted by atomic mass is 9.87. The summed E-state index contributed by atoms with van der Waals surface area (Å²) in [6.07, 6.45) is 8.93. The van der Waals surface area contributed by atoms with Gasteiger partial charge < -0.3 is 49.3 Å². The molecular formula is C48H72N2O14. The van der Waals surface area contributed by atoms with E-state index >= 15 is 0 Å². The van der Waals surface area contributed by atoms with Gasteiger partial charge in [-0.2, -0.15) is 0 Å². The third kappa shape index (κ3) is 22.9. The van der Waals surface area contributed by atoms with Gasteiger partial charge in [0.15, 0.2) is 0 Å². The van der Waals surface area contributed by atoms with E-state index in [9.17, 15) is 39.0 Å². The molecule has 0 fully saturated rings. The minimum atomic E-state index is -1.18. The van der Waals surface area contributed by atoms with Crippen LogP contribution in [0.1, 0.15) is 152 Å². The number of aliphatic hydroxyl groups excluding tert-OH is 2. The van der Waals surface area contributed by atoms with E-state index in [1.165, 1.54) is 48.5 Å². The first-order valence-electron chi connectivity index (χ1n) is 22.6. The van der Waals surface area contributed by atoms with Crippen LogP contribution < -0.4 is 20.1 Å². The van der Waals surface area contributed by atoms with Gasteiger partial charge in [0.25, 0.3) is 0 Å². The molecule has 16 nitrogen and oxygen atoms in total. The first-order valence-corrected chi connectivity index (χ1v) is 22.6. The summed E-state index contributed by atoms with van der Waals surface area (Å²) in [4.78, 5) is 74.3. The number of hydrogen-bond acceptors (Lipinski definition) is 14. The fraction of sp³-hybridized carbons (Fsp3) is 0.625. The Labute approximate surface area is 378 Å². The maximum atomic E-state index is 12.5. The first-order chi connectivity index (χ1) is 30.5. The van der Waals surface area contributed by atoms with Crippen molar-refractivity contribution in [1.29, 1.82) is 0 Å². The van der Waals surface area contributed by atoms with E-state index < -0.39 is 59.1 Å². The zero-order valence-electron chi connectivity index (χ0n) is 38.7. The molecule has 2 rings (SSSR count). The molecule has 0 aliphatic carbocycles. The zero-order chi connectivity index (χ0) is 47.4. The highest BCUT2D eigenvalue weighted by Gasteiger charge is 2.30. The minimum Gasteiger partial charge on any atom is -0.462 e. The number of carbonyl (C=O) groups is 6. The van der Waals surface area contributed by atoms with E-state index in [4.69, 9.17) is 28.4 Å². The number of hydrogen-bond donors (Lipinski definition) is 4. The molecule has 358 valence electrons. The summed E-state index contributed by atoms with van der Waals surface area (Å²) in [5.41, 5.74) is -0.976. The molecule has 64 heavy (non-hydrogen) atoms. The van der Waals surface area contributed by atoms with Crippen LogP contribution in [0.3, 0.4) is 0 Å². The molecule has 4 N–H and O–H groups in total. The van der Waals surface area contributed by atoms with Crippen molar-refractivity contribution >= 4 is 36.1 Å². The number of carbonyl (C=O) groups excluding carboxylic acids is 6. The highest BCUT2D eigenvalue weighted by atomic mass is 16.6. The summed E-state index contributed by atoms with van der Waals surface area (Å²) < 4.78 is 31.3. The van der Waals surface area contributed by atoms with Crippen LogP contribution in [0, 0.1) is 10.8 Å². The average molecular weight is 901 g/mol. The Bertz CT molecular complexity index is 1590. The van der Waals surface area contributed by atoms with Gasteiger partial charge in [0.1, 0.15) is 50.1 Å². The Balaban J connectivity index is 1.54. The van der Waals surface area contributed by atoms with E-state index in [1.807, 2.05) is 27.7 Å².